The number of hydrogen-bond donors (Lipinski definition) is 2. The number of benzene rings is 2. The molecule has 0 amide bonds. The number of halogens is 1. The van der Waals surface area contributed by atoms with E-state index in [0.29, 0.717) is 16.9 Å². The maximum atomic E-state index is 6.23. The first-order valence-electron chi connectivity index (χ1n) is 10.9. The fourth-order valence-electron chi connectivity index (χ4n) is 3.61. The Labute approximate surface area is 185 Å². The lowest BCUT2D eigenvalue weighted by Crippen LogP contribution is -3.11. The summed E-state index contributed by atoms with van der Waals surface area (Å²) in [6.45, 7) is 10.3. The molecule has 1 atom stereocenters. The summed E-state index contributed by atoms with van der Waals surface area (Å²) in [5, 5.41) is 5.29. The molecule has 0 saturated carbocycles. The number of anilines is 1. The van der Waals surface area contributed by atoms with Crippen LogP contribution < -0.4 is 10.2 Å². The molecule has 0 radical (unpaired) electrons. The van der Waals surface area contributed by atoms with Crippen LogP contribution in [0.15, 0.2) is 48.5 Å². The van der Waals surface area contributed by atoms with Crippen molar-refractivity contribution in [2.24, 2.45) is 0 Å². The Hall–Kier alpha value is -2.43. The van der Waals surface area contributed by atoms with Crippen molar-refractivity contribution in [2.75, 3.05) is 25.0 Å². The molecule has 2 N–H and O–H groups in total. The van der Waals surface area contributed by atoms with Gasteiger partial charge in [0.25, 0.3) is 0 Å². The van der Waals surface area contributed by atoms with E-state index >= 15 is 0 Å². The van der Waals surface area contributed by atoms with Crippen LogP contribution >= 0.6 is 11.6 Å². The summed E-state index contributed by atoms with van der Waals surface area (Å²) in [5.41, 5.74) is 1.97. The highest BCUT2D eigenvalue weighted by molar-refractivity contribution is 6.31. The molecule has 5 heteroatoms. The number of rotatable bonds is 10. The van der Waals surface area contributed by atoms with E-state index in [1.807, 2.05) is 48.6 Å². The van der Waals surface area contributed by atoms with Gasteiger partial charge >= 0.3 is 0 Å². The summed E-state index contributed by atoms with van der Waals surface area (Å²) in [7, 11) is 0. The van der Waals surface area contributed by atoms with E-state index < -0.39 is 0 Å². The van der Waals surface area contributed by atoms with Gasteiger partial charge in [-0.3, -0.25) is 0 Å². The van der Waals surface area contributed by atoms with Crippen molar-refractivity contribution in [3.63, 3.8) is 0 Å². The first kappa shape index (κ1) is 22.3. The smallest absolute Gasteiger partial charge is 0.154 e. The van der Waals surface area contributed by atoms with Gasteiger partial charge in [0, 0.05) is 16.5 Å². The molecule has 0 spiro atoms. The molecular weight excluding hydrogens is 392 g/mol. The molecule has 0 bridgehead atoms. The molecule has 1 heterocycles. The fraction of sp³-hybridized carbons (Fsp3) is 0.360. The summed E-state index contributed by atoms with van der Waals surface area (Å²) in [5.74, 6) is 1.54. The lowest BCUT2D eigenvalue weighted by Gasteiger charge is -2.19. The first-order valence-corrected chi connectivity index (χ1v) is 11.3. The van der Waals surface area contributed by atoms with E-state index in [1.165, 1.54) is 26.1 Å². The zero-order valence-corrected chi connectivity index (χ0v) is 18.9. The predicted molar refractivity (Wildman–Crippen MR) is 129 cm³/mol. The van der Waals surface area contributed by atoms with Gasteiger partial charge in [0.15, 0.2) is 5.82 Å². The van der Waals surface area contributed by atoms with Crippen LogP contribution in [0.5, 0.6) is 0 Å². The molecule has 0 fully saturated rings. The van der Waals surface area contributed by atoms with Gasteiger partial charge in [-0.15, -0.1) is 0 Å². The summed E-state index contributed by atoms with van der Waals surface area (Å²) in [4.78, 5) is 11.2. The molecule has 4 nitrogen and oxygen atoms in total. The van der Waals surface area contributed by atoms with E-state index in [0.717, 1.165) is 28.7 Å². The Morgan fingerprint density at radius 2 is 1.80 bits per heavy atom. The number of nitrogens with zero attached hydrogens (tertiary/aromatic N) is 2. The van der Waals surface area contributed by atoms with Crippen molar-refractivity contribution in [2.45, 2.75) is 39.7 Å². The third kappa shape index (κ3) is 6.28. The van der Waals surface area contributed by atoms with Crippen LogP contribution in [-0.4, -0.2) is 35.6 Å². The predicted octanol–water partition coefficient (Wildman–Crippen LogP) is 4.96. The Kier molecular flexibility index (Phi) is 8.23. The van der Waals surface area contributed by atoms with Crippen molar-refractivity contribution in [3.05, 3.63) is 64.9 Å². The molecule has 30 heavy (non-hydrogen) atoms. The number of aromatic nitrogens is 2. The second-order valence-electron chi connectivity index (χ2n) is 7.73. The van der Waals surface area contributed by atoms with Gasteiger partial charge in [-0.25, -0.2) is 9.97 Å². The van der Waals surface area contributed by atoms with E-state index in [2.05, 4.69) is 38.2 Å². The molecule has 3 rings (SSSR count). The largest absolute Gasteiger partial charge is 0.367 e. The summed E-state index contributed by atoms with van der Waals surface area (Å²) < 4.78 is 0. The minimum atomic E-state index is 0.333. The zero-order chi connectivity index (χ0) is 21.3. The Bertz CT molecular complexity index is 968. The minimum Gasteiger partial charge on any atom is -0.367 e. The molecule has 3 aromatic rings. The highest BCUT2D eigenvalue weighted by Crippen LogP contribution is 2.25. The third-order valence-corrected chi connectivity index (χ3v) is 5.69. The van der Waals surface area contributed by atoms with E-state index in [4.69, 9.17) is 21.6 Å². The molecule has 1 aromatic heterocycles. The van der Waals surface area contributed by atoms with Crippen LogP contribution in [0.4, 0.5) is 5.82 Å². The van der Waals surface area contributed by atoms with Gasteiger partial charge < -0.3 is 10.2 Å². The van der Waals surface area contributed by atoms with E-state index in [-0.39, 0.29) is 0 Å². The first-order chi connectivity index (χ1) is 14.6. The molecule has 0 saturated heterocycles. The van der Waals surface area contributed by atoms with Crippen LogP contribution in [0, 0.1) is 0 Å². The van der Waals surface area contributed by atoms with Gasteiger partial charge in [-0.05, 0) is 63.5 Å². The average molecular weight is 424 g/mol. The SMILES string of the molecule is CC[NH+](CC)CCC[C@H](C)Nc1nc(/C=C/c2ccccc2)nc2cc(Cl)ccc12. The maximum Gasteiger partial charge on any atom is 0.154 e. The second-order valence-corrected chi connectivity index (χ2v) is 8.17. The van der Waals surface area contributed by atoms with E-state index in [9.17, 15) is 0 Å². The Morgan fingerprint density at radius 3 is 2.53 bits per heavy atom. The monoisotopic (exact) mass is 423 g/mol. The van der Waals surface area contributed by atoms with Gasteiger partial charge in [0.05, 0.1) is 25.2 Å². The average Bonchev–Trinajstić information content (AvgIpc) is 2.75. The number of fused-ring (bicyclic) bond motifs is 1. The van der Waals surface area contributed by atoms with Crippen LogP contribution in [0.25, 0.3) is 23.1 Å². The number of nitrogens with one attached hydrogen (secondary N) is 2. The summed E-state index contributed by atoms with van der Waals surface area (Å²) in [6, 6.07) is 16.3. The van der Waals surface area contributed by atoms with Gasteiger partial charge in [-0.2, -0.15) is 0 Å². The highest BCUT2D eigenvalue weighted by atomic mass is 35.5. The maximum absolute atomic E-state index is 6.23. The molecule has 158 valence electrons. The lowest BCUT2D eigenvalue weighted by atomic mass is 10.1. The third-order valence-electron chi connectivity index (χ3n) is 5.45. The highest BCUT2D eigenvalue weighted by Gasteiger charge is 2.11. The molecule has 0 unspecified atom stereocenters. The van der Waals surface area contributed by atoms with Crippen molar-refractivity contribution in [1.82, 2.24) is 9.97 Å². The summed E-state index contributed by atoms with van der Waals surface area (Å²) in [6.07, 6.45) is 6.29. The Morgan fingerprint density at radius 1 is 1.03 bits per heavy atom. The molecular formula is C25H32ClN4+. The minimum absolute atomic E-state index is 0.333. The molecule has 0 aliphatic carbocycles. The van der Waals surface area contributed by atoms with Gasteiger partial charge in [0.2, 0.25) is 0 Å². The number of quaternary nitrogens is 1. The normalized spacial score (nSPS) is 12.7. The standard InChI is InChI=1S/C25H31ClN4/c1-4-30(5-2)17-9-10-19(3)27-25-22-15-14-21(26)18-23(22)28-24(29-25)16-13-20-11-7-6-8-12-20/h6-8,11-16,18-19H,4-5,9-10,17H2,1-3H3,(H,27,28,29)/p+1/b16-13+/t19-/m0/s1. The van der Waals surface area contributed by atoms with Crippen LogP contribution in [0.3, 0.4) is 0 Å². The Balaban J connectivity index is 1.79. The lowest BCUT2D eigenvalue weighted by molar-refractivity contribution is -0.896. The van der Waals surface area contributed by atoms with Crippen LogP contribution in [-0.2, 0) is 0 Å². The van der Waals surface area contributed by atoms with Crippen molar-refractivity contribution in [1.29, 1.82) is 0 Å². The topological polar surface area (TPSA) is 42.2 Å². The second kappa shape index (κ2) is 11.1. The molecule has 2 aromatic carbocycles. The quantitative estimate of drug-likeness (QED) is 0.484. The molecule has 0 aliphatic rings. The number of hydrogen-bond acceptors (Lipinski definition) is 3. The zero-order valence-electron chi connectivity index (χ0n) is 18.2. The van der Waals surface area contributed by atoms with Gasteiger partial charge in [0.1, 0.15) is 5.82 Å². The van der Waals surface area contributed by atoms with E-state index in [1.54, 1.807) is 4.90 Å². The fourth-order valence-corrected chi connectivity index (χ4v) is 3.77. The van der Waals surface area contributed by atoms with Crippen molar-refractivity contribution in [3.8, 4) is 0 Å². The van der Waals surface area contributed by atoms with Crippen LogP contribution in [0.2, 0.25) is 5.02 Å². The summed E-state index contributed by atoms with van der Waals surface area (Å²) >= 11 is 6.23. The van der Waals surface area contributed by atoms with Gasteiger partial charge in [-0.1, -0.05) is 48.0 Å². The van der Waals surface area contributed by atoms with Crippen LogP contribution in [0.1, 0.15) is 45.0 Å². The van der Waals surface area contributed by atoms with Crippen molar-refractivity contribution < 1.29 is 4.90 Å². The van der Waals surface area contributed by atoms with Crippen molar-refractivity contribution >= 4 is 40.5 Å². The molecule has 0 aliphatic heterocycles.